The molecule has 1 aromatic rings. The van der Waals surface area contributed by atoms with Gasteiger partial charge in [0.05, 0.1) is 6.04 Å². The summed E-state index contributed by atoms with van der Waals surface area (Å²) < 4.78 is 5.47. The van der Waals surface area contributed by atoms with E-state index in [9.17, 15) is 4.79 Å². The molecule has 5 rings (SSSR count). The van der Waals surface area contributed by atoms with Crippen molar-refractivity contribution < 1.29 is 9.53 Å². The van der Waals surface area contributed by atoms with Gasteiger partial charge in [-0.25, -0.2) is 9.97 Å². The highest BCUT2D eigenvalue weighted by Crippen LogP contribution is 2.32. The largest absolute Gasteiger partial charge is 0.381 e. The fraction of sp³-hybridized carbons (Fsp3) is 0.750. The average molecular weight is 371 g/mol. The van der Waals surface area contributed by atoms with Gasteiger partial charge in [0.2, 0.25) is 5.91 Å². The summed E-state index contributed by atoms with van der Waals surface area (Å²) in [6, 6.07) is 2.82. The van der Waals surface area contributed by atoms with Crippen LogP contribution in [-0.4, -0.2) is 83.7 Å². The van der Waals surface area contributed by atoms with Crippen LogP contribution in [0.2, 0.25) is 0 Å². The Kier molecular flexibility index (Phi) is 4.73. The van der Waals surface area contributed by atoms with Crippen molar-refractivity contribution in [3.8, 4) is 0 Å². The second-order valence-electron chi connectivity index (χ2n) is 8.28. The van der Waals surface area contributed by atoms with Crippen LogP contribution in [0.15, 0.2) is 12.4 Å². The summed E-state index contributed by atoms with van der Waals surface area (Å²) in [5.74, 6) is 1.89. The molecule has 1 saturated carbocycles. The van der Waals surface area contributed by atoms with Crippen molar-refractivity contribution in [2.45, 2.75) is 50.1 Å². The van der Waals surface area contributed by atoms with E-state index in [1.54, 1.807) is 6.33 Å². The fourth-order valence-electron chi connectivity index (χ4n) is 4.79. The van der Waals surface area contributed by atoms with Crippen LogP contribution >= 0.6 is 0 Å². The second kappa shape index (κ2) is 7.36. The molecule has 3 aliphatic heterocycles. The van der Waals surface area contributed by atoms with Crippen LogP contribution in [0, 0.1) is 0 Å². The van der Waals surface area contributed by atoms with E-state index in [1.807, 2.05) is 0 Å². The Labute approximate surface area is 160 Å². The van der Waals surface area contributed by atoms with Crippen molar-refractivity contribution in [2.24, 2.45) is 0 Å². The predicted molar refractivity (Wildman–Crippen MR) is 102 cm³/mol. The summed E-state index contributed by atoms with van der Waals surface area (Å²) in [5, 5.41) is 0. The number of carbonyl (C=O) groups excluding carboxylic acids is 1. The van der Waals surface area contributed by atoms with Crippen molar-refractivity contribution >= 4 is 11.7 Å². The van der Waals surface area contributed by atoms with Crippen molar-refractivity contribution in [3.63, 3.8) is 0 Å². The Morgan fingerprint density at radius 2 is 1.70 bits per heavy atom. The molecular formula is C20H29N5O2. The topological polar surface area (TPSA) is 61.8 Å². The molecule has 0 radical (unpaired) electrons. The van der Waals surface area contributed by atoms with Gasteiger partial charge in [-0.2, -0.15) is 0 Å². The lowest BCUT2D eigenvalue weighted by Crippen LogP contribution is -2.53. The third-order valence-corrected chi connectivity index (χ3v) is 6.59. The highest BCUT2D eigenvalue weighted by molar-refractivity contribution is 5.84. The number of hydrogen-bond donors (Lipinski definition) is 0. The maximum atomic E-state index is 12.7. The third-order valence-electron chi connectivity index (χ3n) is 6.59. The number of ether oxygens (including phenoxy) is 1. The maximum Gasteiger partial charge on any atom is 0.240 e. The zero-order chi connectivity index (χ0) is 18.2. The molecule has 1 amide bonds. The number of rotatable bonds is 4. The van der Waals surface area contributed by atoms with E-state index in [-0.39, 0.29) is 6.04 Å². The molecule has 1 atom stereocenters. The van der Waals surface area contributed by atoms with Gasteiger partial charge in [0, 0.05) is 69.7 Å². The molecule has 0 bridgehead atoms. The van der Waals surface area contributed by atoms with Gasteiger partial charge in [-0.3, -0.25) is 9.69 Å². The van der Waals surface area contributed by atoms with Gasteiger partial charge in [-0.1, -0.05) is 0 Å². The number of amides is 1. The first-order valence-corrected chi connectivity index (χ1v) is 10.5. The zero-order valence-electron chi connectivity index (χ0n) is 15.9. The van der Waals surface area contributed by atoms with Gasteiger partial charge >= 0.3 is 0 Å². The van der Waals surface area contributed by atoms with E-state index in [0.717, 1.165) is 76.7 Å². The minimum Gasteiger partial charge on any atom is -0.381 e. The van der Waals surface area contributed by atoms with E-state index < -0.39 is 0 Å². The molecule has 1 aromatic heterocycles. The molecule has 1 unspecified atom stereocenters. The summed E-state index contributed by atoms with van der Waals surface area (Å²) in [7, 11) is 0. The van der Waals surface area contributed by atoms with Crippen molar-refractivity contribution in [3.05, 3.63) is 18.1 Å². The lowest BCUT2D eigenvalue weighted by molar-refractivity contribution is -0.132. The molecule has 146 valence electrons. The van der Waals surface area contributed by atoms with Gasteiger partial charge in [-0.15, -0.1) is 0 Å². The van der Waals surface area contributed by atoms with Crippen LogP contribution in [0.5, 0.6) is 0 Å². The molecule has 27 heavy (non-hydrogen) atoms. The standard InChI is InChI=1S/C20H29N5O2/c26-20-18(3-6-25(20)16-1-2-16)23-7-9-24(10-8-23)19-13-17(21-14-22-19)15-4-11-27-12-5-15/h13-16,18H,1-12H2. The molecule has 7 nitrogen and oxygen atoms in total. The smallest absolute Gasteiger partial charge is 0.240 e. The molecule has 4 heterocycles. The summed E-state index contributed by atoms with van der Waals surface area (Å²) in [4.78, 5) is 28.6. The Balaban J connectivity index is 1.20. The number of carbonyl (C=O) groups is 1. The molecular weight excluding hydrogens is 342 g/mol. The van der Waals surface area contributed by atoms with Crippen LogP contribution < -0.4 is 4.90 Å². The average Bonchev–Trinajstić information content (AvgIpc) is 3.51. The van der Waals surface area contributed by atoms with E-state index in [4.69, 9.17) is 4.74 Å². The molecule has 0 N–H and O–H groups in total. The summed E-state index contributed by atoms with van der Waals surface area (Å²) in [6.45, 7) is 6.34. The summed E-state index contributed by atoms with van der Waals surface area (Å²) >= 11 is 0. The zero-order valence-corrected chi connectivity index (χ0v) is 15.9. The molecule has 1 aliphatic carbocycles. The van der Waals surface area contributed by atoms with Crippen LogP contribution in [0.4, 0.5) is 5.82 Å². The summed E-state index contributed by atoms with van der Waals surface area (Å²) in [5.41, 5.74) is 1.15. The molecule has 4 fully saturated rings. The van der Waals surface area contributed by atoms with E-state index >= 15 is 0 Å². The second-order valence-corrected chi connectivity index (χ2v) is 8.28. The van der Waals surface area contributed by atoms with Crippen molar-refractivity contribution in [1.82, 2.24) is 19.8 Å². The number of likely N-dealkylation sites (tertiary alicyclic amines) is 1. The quantitative estimate of drug-likeness (QED) is 0.794. The van der Waals surface area contributed by atoms with Crippen LogP contribution in [-0.2, 0) is 9.53 Å². The monoisotopic (exact) mass is 371 g/mol. The van der Waals surface area contributed by atoms with Gasteiger partial charge in [0.15, 0.2) is 0 Å². The predicted octanol–water partition coefficient (Wildman–Crippen LogP) is 1.26. The number of aromatic nitrogens is 2. The third kappa shape index (κ3) is 3.55. The Bertz CT molecular complexity index is 681. The van der Waals surface area contributed by atoms with Gasteiger partial charge < -0.3 is 14.5 Å². The van der Waals surface area contributed by atoms with Crippen molar-refractivity contribution in [2.75, 3.05) is 50.8 Å². The Morgan fingerprint density at radius 1 is 0.926 bits per heavy atom. The molecule has 7 heteroatoms. The lowest BCUT2D eigenvalue weighted by Gasteiger charge is -2.38. The fourth-order valence-corrected chi connectivity index (χ4v) is 4.79. The van der Waals surface area contributed by atoms with Crippen LogP contribution in [0.3, 0.4) is 0 Å². The van der Waals surface area contributed by atoms with Gasteiger partial charge in [0.1, 0.15) is 12.1 Å². The normalized spacial score (nSPS) is 28.1. The lowest BCUT2D eigenvalue weighted by atomic mass is 9.96. The maximum absolute atomic E-state index is 12.7. The van der Waals surface area contributed by atoms with Crippen LogP contribution in [0.1, 0.15) is 43.7 Å². The highest BCUT2D eigenvalue weighted by Gasteiger charge is 2.43. The van der Waals surface area contributed by atoms with Crippen molar-refractivity contribution in [1.29, 1.82) is 0 Å². The van der Waals surface area contributed by atoms with E-state index in [1.165, 1.54) is 12.8 Å². The Hall–Kier alpha value is -1.73. The van der Waals surface area contributed by atoms with E-state index in [0.29, 0.717) is 17.9 Å². The number of nitrogens with zero attached hydrogens (tertiary/aromatic N) is 5. The molecule has 4 aliphatic rings. The first-order chi connectivity index (χ1) is 13.3. The first kappa shape index (κ1) is 17.4. The SMILES string of the molecule is O=C1C(N2CCN(c3cc(C4CCOCC4)ncn3)CC2)CCN1C1CC1. The minimum atomic E-state index is 0.107. The molecule has 0 aromatic carbocycles. The van der Waals surface area contributed by atoms with Gasteiger partial charge in [-0.05, 0) is 32.1 Å². The highest BCUT2D eigenvalue weighted by atomic mass is 16.5. The minimum absolute atomic E-state index is 0.107. The summed E-state index contributed by atoms with van der Waals surface area (Å²) in [6.07, 6.45) is 7.21. The Morgan fingerprint density at radius 3 is 2.44 bits per heavy atom. The number of hydrogen-bond acceptors (Lipinski definition) is 6. The molecule has 0 spiro atoms. The van der Waals surface area contributed by atoms with Crippen LogP contribution in [0.25, 0.3) is 0 Å². The number of piperazine rings is 1. The molecule has 3 saturated heterocycles. The van der Waals surface area contributed by atoms with Gasteiger partial charge in [0.25, 0.3) is 0 Å². The first-order valence-electron chi connectivity index (χ1n) is 10.5. The number of anilines is 1. The van der Waals surface area contributed by atoms with E-state index in [2.05, 4.69) is 30.7 Å².